The number of rotatable bonds is 5. The number of anilines is 1. The van der Waals surface area contributed by atoms with E-state index in [0.717, 1.165) is 11.3 Å². The molecule has 0 bridgehead atoms. The number of ether oxygens (including phenoxy) is 1. The van der Waals surface area contributed by atoms with Gasteiger partial charge in [0.15, 0.2) is 6.61 Å². The van der Waals surface area contributed by atoms with Gasteiger partial charge in [-0.05, 0) is 25.1 Å². The number of para-hydroxylation sites is 1. The molecule has 104 valence electrons. The average molecular weight is 271 g/mol. The number of aryl methyl sites for hydroxylation is 1. The van der Waals surface area contributed by atoms with Crippen LogP contribution in [0.4, 0.5) is 5.69 Å². The number of carbonyl (C=O) groups excluding carboxylic acids is 1. The molecule has 0 aliphatic rings. The van der Waals surface area contributed by atoms with Crippen LogP contribution in [0.2, 0.25) is 0 Å². The highest BCUT2D eigenvalue weighted by Crippen LogP contribution is 2.20. The van der Waals surface area contributed by atoms with Crippen LogP contribution in [-0.4, -0.2) is 17.6 Å². The first-order valence-corrected chi connectivity index (χ1v) is 6.37. The molecule has 2 N–H and O–H groups in total. The number of benzene rings is 2. The minimum absolute atomic E-state index is 0.0923. The normalized spacial score (nSPS) is 10.1. The third-order valence-corrected chi connectivity index (χ3v) is 2.80. The van der Waals surface area contributed by atoms with Gasteiger partial charge in [-0.25, -0.2) is 0 Å². The summed E-state index contributed by atoms with van der Waals surface area (Å²) >= 11 is 0. The monoisotopic (exact) mass is 271 g/mol. The zero-order chi connectivity index (χ0) is 14.4. The van der Waals surface area contributed by atoms with Gasteiger partial charge in [0, 0.05) is 11.3 Å². The number of hydrogen-bond acceptors (Lipinski definition) is 3. The molecule has 0 aromatic heterocycles. The summed E-state index contributed by atoms with van der Waals surface area (Å²) in [6, 6.07) is 14.7. The van der Waals surface area contributed by atoms with E-state index >= 15 is 0 Å². The molecule has 0 aliphatic heterocycles. The Morgan fingerprint density at radius 2 is 1.95 bits per heavy atom. The summed E-state index contributed by atoms with van der Waals surface area (Å²) < 4.78 is 5.44. The van der Waals surface area contributed by atoms with Crippen molar-refractivity contribution in [3.63, 3.8) is 0 Å². The summed E-state index contributed by atoms with van der Waals surface area (Å²) in [5.41, 5.74) is 2.44. The van der Waals surface area contributed by atoms with E-state index in [4.69, 9.17) is 4.74 Å². The van der Waals surface area contributed by atoms with Crippen molar-refractivity contribution in [2.75, 3.05) is 11.9 Å². The first kappa shape index (κ1) is 14.1. The highest BCUT2D eigenvalue weighted by Gasteiger charge is 2.07. The zero-order valence-electron chi connectivity index (χ0n) is 11.3. The van der Waals surface area contributed by atoms with Crippen LogP contribution in [0, 0.1) is 6.92 Å². The summed E-state index contributed by atoms with van der Waals surface area (Å²) in [5, 5.41) is 12.0. The summed E-state index contributed by atoms with van der Waals surface area (Å²) in [5.74, 6) is 0.293. The van der Waals surface area contributed by atoms with Crippen LogP contribution in [0.15, 0.2) is 48.5 Å². The number of carbonyl (C=O) groups is 1. The molecule has 0 radical (unpaired) electrons. The minimum Gasteiger partial charge on any atom is -0.483 e. The standard InChI is InChI=1S/C16H17NO3/c1-12-7-8-15(13(9-12)10-18)20-11-16(19)17-14-5-3-2-4-6-14/h2-9,18H,10-11H2,1H3,(H,17,19). The fraction of sp³-hybridized carbons (Fsp3) is 0.188. The van der Waals surface area contributed by atoms with Gasteiger partial charge in [0.2, 0.25) is 0 Å². The van der Waals surface area contributed by atoms with Crippen molar-refractivity contribution in [1.29, 1.82) is 0 Å². The quantitative estimate of drug-likeness (QED) is 0.878. The van der Waals surface area contributed by atoms with Gasteiger partial charge < -0.3 is 15.2 Å². The molecule has 0 aliphatic carbocycles. The SMILES string of the molecule is Cc1ccc(OCC(=O)Nc2ccccc2)c(CO)c1. The van der Waals surface area contributed by atoms with E-state index in [1.54, 1.807) is 6.07 Å². The zero-order valence-corrected chi connectivity index (χ0v) is 11.3. The van der Waals surface area contributed by atoms with E-state index in [0.29, 0.717) is 11.3 Å². The molecule has 2 aromatic carbocycles. The van der Waals surface area contributed by atoms with Crippen LogP contribution >= 0.6 is 0 Å². The van der Waals surface area contributed by atoms with E-state index in [2.05, 4.69) is 5.32 Å². The average Bonchev–Trinajstić information content (AvgIpc) is 2.47. The summed E-state index contributed by atoms with van der Waals surface area (Å²) in [6.07, 6.45) is 0. The molecule has 1 amide bonds. The van der Waals surface area contributed by atoms with Gasteiger partial charge in [0.05, 0.1) is 6.61 Å². The van der Waals surface area contributed by atoms with Crippen LogP contribution < -0.4 is 10.1 Å². The van der Waals surface area contributed by atoms with Crippen LogP contribution in [-0.2, 0) is 11.4 Å². The summed E-state index contributed by atoms with van der Waals surface area (Å²) in [4.78, 5) is 11.8. The Morgan fingerprint density at radius 1 is 1.20 bits per heavy atom. The Bertz CT molecular complexity index is 582. The van der Waals surface area contributed by atoms with Gasteiger partial charge in [-0.3, -0.25) is 4.79 Å². The third-order valence-electron chi connectivity index (χ3n) is 2.80. The molecule has 0 unspecified atom stereocenters. The maximum absolute atomic E-state index is 11.8. The maximum Gasteiger partial charge on any atom is 0.262 e. The molecule has 0 saturated carbocycles. The van der Waals surface area contributed by atoms with Crippen LogP contribution in [0.3, 0.4) is 0 Å². The molecular formula is C16H17NO3. The predicted molar refractivity (Wildman–Crippen MR) is 77.7 cm³/mol. The lowest BCUT2D eigenvalue weighted by atomic mass is 10.1. The first-order valence-electron chi connectivity index (χ1n) is 6.37. The number of hydrogen-bond donors (Lipinski definition) is 2. The largest absolute Gasteiger partial charge is 0.483 e. The van der Waals surface area contributed by atoms with Gasteiger partial charge in [0.1, 0.15) is 5.75 Å². The fourth-order valence-electron chi connectivity index (χ4n) is 1.83. The van der Waals surface area contributed by atoms with Gasteiger partial charge >= 0.3 is 0 Å². The summed E-state index contributed by atoms with van der Waals surface area (Å²) in [7, 11) is 0. The molecule has 20 heavy (non-hydrogen) atoms. The fourth-order valence-corrected chi connectivity index (χ4v) is 1.83. The lowest BCUT2D eigenvalue weighted by molar-refractivity contribution is -0.118. The number of aliphatic hydroxyl groups excluding tert-OH is 1. The van der Waals surface area contributed by atoms with Gasteiger partial charge in [0.25, 0.3) is 5.91 Å². The molecule has 4 heteroatoms. The summed E-state index contributed by atoms with van der Waals surface area (Å²) in [6.45, 7) is 1.73. The lowest BCUT2D eigenvalue weighted by Crippen LogP contribution is -2.20. The Labute approximate surface area is 118 Å². The van der Waals surface area contributed by atoms with E-state index in [9.17, 15) is 9.90 Å². The van der Waals surface area contributed by atoms with Crippen molar-refractivity contribution in [3.8, 4) is 5.75 Å². The Morgan fingerprint density at radius 3 is 2.65 bits per heavy atom. The van der Waals surface area contributed by atoms with E-state index in [1.165, 1.54) is 0 Å². The second-order valence-electron chi connectivity index (χ2n) is 4.47. The van der Waals surface area contributed by atoms with E-state index < -0.39 is 0 Å². The molecule has 0 saturated heterocycles. The Hall–Kier alpha value is -2.33. The molecule has 2 rings (SSSR count). The Balaban J connectivity index is 1.93. The van der Waals surface area contributed by atoms with Crippen LogP contribution in [0.5, 0.6) is 5.75 Å². The first-order chi connectivity index (χ1) is 9.69. The molecule has 0 fully saturated rings. The highest BCUT2D eigenvalue weighted by atomic mass is 16.5. The number of aliphatic hydroxyl groups is 1. The van der Waals surface area contributed by atoms with E-state index in [1.807, 2.05) is 49.4 Å². The smallest absolute Gasteiger partial charge is 0.262 e. The third kappa shape index (κ3) is 3.83. The molecule has 4 nitrogen and oxygen atoms in total. The van der Waals surface area contributed by atoms with Crippen molar-refractivity contribution in [2.24, 2.45) is 0 Å². The maximum atomic E-state index is 11.8. The van der Waals surface area contributed by atoms with Gasteiger partial charge in [-0.2, -0.15) is 0 Å². The molecule has 0 heterocycles. The second-order valence-corrected chi connectivity index (χ2v) is 4.47. The predicted octanol–water partition coefficient (Wildman–Crippen LogP) is 2.50. The van der Waals surface area contributed by atoms with Crippen molar-refractivity contribution in [1.82, 2.24) is 0 Å². The molecule has 0 atom stereocenters. The minimum atomic E-state index is -0.235. The van der Waals surface area contributed by atoms with Crippen molar-refractivity contribution in [2.45, 2.75) is 13.5 Å². The van der Waals surface area contributed by atoms with Gasteiger partial charge in [-0.15, -0.1) is 0 Å². The second kappa shape index (κ2) is 6.73. The van der Waals surface area contributed by atoms with Crippen molar-refractivity contribution in [3.05, 3.63) is 59.7 Å². The van der Waals surface area contributed by atoms with Crippen molar-refractivity contribution < 1.29 is 14.6 Å². The molecular weight excluding hydrogens is 254 g/mol. The topological polar surface area (TPSA) is 58.6 Å². The highest BCUT2D eigenvalue weighted by molar-refractivity contribution is 5.91. The number of nitrogens with one attached hydrogen (secondary N) is 1. The van der Waals surface area contributed by atoms with Crippen molar-refractivity contribution >= 4 is 11.6 Å². The van der Waals surface area contributed by atoms with Crippen LogP contribution in [0.1, 0.15) is 11.1 Å². The molecule has 0 spiro atoms. The van der Waals surface area contributed by atoms with E-state index in [-0.39, 0.29) is 19.1 Å². The molecule has 2 aromatic rings. The Kier molecular flexibility index (Phi) is 4.74. The lowest BCUT2D eigenvalue weighted by Gasteiger charge is -2.11. The van der Waals surface area contributed by atoms with Crippen LogP contribution in [0.25, 0.3) is 0 Å². The number of amides is 1. The van der Waals surface area contributed by atoms with Gasteiger partial charge in [-0.1, -0.05) is 35.9 Å².